The van der Waals surface area contributed by atoms with E-state index < -0.39 is 0 Å². The smallest absolute Gasteiger partial charge is 0 e. The normalized spacial score (nSPS) is 11.2. The quantitative estimate of drug-likeness (QED) is 0.105. The molecular formula is C51H33Y3-3. The van der Waals surface area contributed by atoms with Crippen LogP contribution in [0.15, 0.2) is 146 Å². The summed E-state index contributed by atoms with van der Waals surface area (Å²) in [6, 6.07) is 62.0. The van der Waals surface area contributed by atoms with Crippen molar-refractivity contribution in [3.63, 3.8) is 0 Å². The van der Waals surface area contributed by atoms with Crippen LogP contribution < -0.4 is 0 Å². The van der Waals surface area contributed by atoms with Crippen molar-refractivity contribution in [1.82, 2.24) is 0 Å². The van der Waals surface area contributed by atoms with Gasteiger partial charge >= 0.3 is 0 Å². The molecule has 0 saturated carbocycles. The largest absolute Gasteiger partial charge is 0.183 e. The molecular weight excluding hydrogens is 879 g/mol. The van der Waals surface area contributed by atoms with Gasteiger partial charge in [-0.3, -0.25) is 0 Å². The summed E-state index contributed by atoms with van der Waals surface area (Å²) in [4.78, 5) is 0. The summed E-state index contributed by atoms with van der Waals surface area (Å²) >= 11 is 0. The summed E-state index contributed by atoms with van der Waals surface area (Å²) in [5.74, 6) is 0. The average molecular weight is 913 g/mol. The SMILES string of the molecule is Cc1ccc2ccc3[c-]ccc4ccc1c2c34.Cc1ccc2ccc3c[c-]cc4ccc1c2c34.Cc1ccc2ccc3cc[c-]c4ccc1c2c43.[Y].[Y].[Y]. The molecule has 0 heterocycles. The molecule has 0 aliphatic heterocycles. The zero-order valence-corrected chi connectivity index (χ0v) is 39.1. The van der Waals surface area contributed by atoms with Gasteiger partial charge in [0, 0.05) is 98.1 Å². The van der Waals surface area contributed by atoms with Gasteiger partial charge < -0.3 is 0 Å². The Morgan fingerprint density at radius 3 is 1.09 bits per heavy atom. The van der Waals surface area contributed by atoms with Crippen molar-refractivity contribution in [2.75, 3.05) is 0 Å². The second-order valence-corrected chi connectivity index (χ2v) is 14.0. The van der Waals surface area contributed by atoms with Gasteiger partial charge in [-0.15, -0.1) is 98.4 Å². The second kappa shape index (κ2) is 15.9. The third kappa shape index (κ3) is 6.50. The number of rotatable bonds is 0. The van der Waals surface area contributed by atoms with Gasteiger partial charge in [-0.2, -0.15) is 18.2 Å². The number of benzene rings is 12. The summed E-state index contributed by atoms with van der Waals surface area (Å²) in [6.45, 7) is 6.53. The number of aryl methyl sites for hydroxylation is 3. The predicted octanol–water partition coefficient (Wildman–Crippen LogP) is 14.1. The van der Waals surface area contributed by atoms with Crippen LogP contribution in [0, 0.1) is 39.0 Å². The molecule has 0 bridgehead atoms. The minimum absolute atomic E-state index is 0. The van der Waals surface area contributed by atoms with Crippen molar-refractivity contribution in [2.45, 2.75) is 20.8 Å². The van der Waals surface area contributed by atoms with Crippen molar-refractivity contribution in [3.8, 4) is 0 Å². The third-order valence-corrected chi connectivity index (χ3v) is 11.0. The van der Waals surface area contributed by atoms with Crippen LogP contribution in [-0.2, 0) is 98.1 Å². The van der Waals surface area contributed by atoms with Crippen LogP contribution in [0.5, 0.6) is 0 Å². The fraction of sp³-hybridized carbons (Fsp3) is 0.0588. The monoisotopic (exact) mass is 912 g/mol. The Labute approximate surface area is 391 Å². The molecule has 54 heavy (non-hydrogen) atoms. The minimum atomic E-state index is 0. The Kier molecular flexibility index (Phi) is 11.6. The van der Waals surface area contributed by atoms with E-state index >= 15 is 0 Å². The van der Waals surface area contributed by atoms with Crippen LogP contribution in [0.3, 0.4) is 0 Å². The average Bonchev–Trinajstić information content (AvgIpc) is 3.18. The van der Waals surface area contributed by atoms with E-state index in [1.165, 1.54) is 114 Å². The Balaban J connectivity index is 0.000000122. The molecule has 0 spiro atoms. The van der Waals surface area contributed by atoms with Gasteiger partial charge in [0.15, 0.2) is 0 Å². The molecule has 0 nitrogen and oxygen atoms in total. The third-order valence-electron chi connectivity index (χ3n) is 11.0. The Morgan fingerprint density at radius 1 is 0.296 bits per heavy atom. The topological polar surface area (TPSA) is 0 Å². The standard InChI is InChI=1S/3C17H11.3Y/c3*1-11-5-6-14-8-7-12-3-2-4-13-9-10-15(11)17(14)16(12)13;;;/h3-10H,1H3;2,4-10H,1H3;2-3,5-10H,1H3;;;/q3*-1;;;. The van der Waals surface area contributed by atoms with Crippen molar-refractivity contribution in [1.29, 1.82) is 0 Å². The van der Waals surface area contributed by atoms with Crippen LogP contribution in [0.1, 0.15) is 16.7 Å². The van der Waals surface area contributed by atoms with E-state index in [2.05, 4.69) is 172 Å². The first kappa shape index (κ1) is 39.3. The molecule has 249 valence electrons. The summed E-state index contributed by atoms with van der Waals surface area (Å²) in [6.07, 6.45) is 0. The van der Waals surface area contributed by atoms with Crippen molar-refractivity contribution < 1.29 is 98.1 Å². The van der Waals surface area contributed by atoms with E-state index in [1.54, 1.807) is 0 Å². The van der Waals surface area contributed by atoms with Gasteiger partial charge in [0.25, 0.3) is 0 Å². The van der Waals surface area contributed by atoms with Gasteiger partial charge in [-0.25, -0.2) is 0 Å². The fourth-order valence-electron chi connectivity index (χ4n) is 8.41. The maximum Gasteiger partial charge on any atom is 0 e. The van der Waals surface area contributed by atoms with Gasteiger partial charge in [-0.05, 0) is 85.9 Å². The second-order valence-electron chi connectivity index (χ2n) is 14.0. The molecule has 0 unspecified atom stereocenters. The molecule has 0 N–H and O–H groups in total. The van der Waals surface area contributed by atoms with E-state index in [1.807, 2.05) is 12.1 Å². The summed E-state index contributed by atoms with van der Waals surface area (Å²) in [5.41, 5.74) is 4.03. The molecule has 0 amide bonds. The molecule has 0 atom stereocenters. The molecule has 12 rings (SSSR count). The first-order valence-corrected chi connectivity index (χ1v) is 17.7. The van der Waals surface area contributed by atoms with E-state index in [0.29, 0.717) is 0 Å². The van der Waals surface area contributed by atoms with Gasteiger partial charge in [0.05, 0.1) is 0 Å². The molecule has 3 radical (unpaired) electrons. The predicted molar refractivity (Wildman–Crippen MR) is 221 cm³/mol. The zero-order valence-electron chi connectivity index (χ0n) is 30.6. The van der Waals surface area contributed by atoms with Crippen molar-refractivity contribution in [2.24, 2.45) is 0 Å². The van der Waals surface area contributed by atoms with Crippen LogP contribution in [0.2, 0.25) is 0 Å². The molecule has 12 aromatic carbocycles. The summed E-state index contributed by atoms with van der Waals surface area (Å²) in [7, 11) is 0. The van der Waals surface area contributed by atoms with Gasteiger partial charge in [0.1, 0.15) is 0 Å². The van der Waals surface area contributed by atoms with Gasteiger partial charge in [0.2, 0.25) is 0 Å². The van der Waals surface area contributed by atoms with Crippen LogP contribution in [0.25, 0.3) is 97.0 Å². The minimum Gasteiger partial charge on any atom is -0.183 e. The first-order valence-electron chi connectivity index (χ1n) is 17.7. The Hall–Kier alpha value is -2.93. The van der Waals surface area contributed by atoms with Crippen molar-refractivity contribution in [3.05, 3.63) is 180 Å². The molecule has 0 aliphatic carbocycles. The zero-order chi connectivity index (χ0) is 34.2. The first-order chi connectivity index (χ1) is 25.0. The van der Waals surface area contributed by atoms with Crippen molar-refractivity contribution >= 4 is 97.0 Å². The van der Waals surface area contributed by atoms with Gasteiger partial charge in [-0.1, -0.05) is 95.7 Å². The molecule has 0 fully saturated rings. The fourth-order valence-corrected chi connectivity index (χ4v) is 8.41. The molecule has 0 saturated heterocycles. The van der Waals surface area contributed by atoms with Crippen LogP contribution >= 0.6 is 0 Å². The maximum absolute atomic E-state index is 3.33. The molecule has 0 aromatic heterocycles. The Bertz CT molecular complexity index is 2840. The maximum atomic E-state index is 3.33. The van der Waals surface area contributed by atoms with E-state index in [0.717, 1.165) is 0 Å². The van der Waals surface area contributed by atoms with E-state index in [9.17, 15) is 0 Å². The number of hydrogen-bond acceptors (Lipinski definition) is 0. The van der Waals surface area contributed by atoms with Crippen LogP contribution in [-0.4, -0.2) is 0 Å². The number of hydrogen-bond donors (Lipinski definition) is 0. The Morgan fingerprint density at radius 2 is 0.611 bits per heavy atom. The van der Waals surface area contributed by atoms with Crippen LogP contribution in [0.4, 0.5) is 0 Å². The summed E-state index contributed by atoms with van der Waals surface area (Å²) in [5, 5.41) is 23.9. The molecule has 0 aliphatic rings. The van der Waals surface area contributed by atoms with E-state index in [-0.39, 0.29) is 98.1 Å². The van der Waals surface area contributed by atoms with E-state index in [4.69, 9.17) is 0 Å². The summed E-state index contributed by atoms with van der Waals surface area (Å²) < 4.78 is 0. The molecule has 12 aromatic rings. The molecule has 3 heteroatoms.